The van der Waals surface area contributed by atoms with Crippen molar-refractivity contribution in [3.05, 3.63) is 92.9 Å². The SMILES string of the molecule is CC[C@H](C(=O)NC1CCCC1)N(Cc1ccc(Cl)c(Cl)c1)C(=O)CN(c1cccc(Cl)c1C)S(=O)(=O)c1ccccc1. The summed E-state index contributed by atoms with van der Waals surface area (Å²) in [4.78, 5) is 29.3. The fourth-order valence-corrected chi connectivity index (χ4v) is 7.20. The normalized spacial score (nSPS) is 14.4. The van der Waals surface area contributed by atoms with E-state index in [2.05, 4.69) is 5.32 Å². The van der Waals surface area contributed by atoms with Crippen LogP contribution in [0.15, 0.2) is 71.6 Å². The summed E-state index contributed by atoms with van der Waals surface area (Å²) in [5, 5.41) is 4.14. The third-order valence-corrected chi connectivity index (χ3v) is 10.5. The first-order chi connectivity index (χ1) is 20.0. The number of benzene rings is 3. The summed E-state index contributed by atoms with van der Waals surface area (Å²) in [7, 11) is -4.19. The van der Waals surface area contributed by atoms with Crippen molar-refractivity contribution in [1.29, 1.82) is 0 Å². The van der Waals surface area contributed by atoms with Crippen LogP contribution < -0.4 is 9.62 Å². The van der Waals surface area contributed by atoms with E-state index in [0.717, 1.165) is 30.0 Å². The second-order valence-electron chi connectivity index (χ2n) is 10.4. The van der Waals surface area contributed by atoms with Gasteiger partial charge in [-0.3, -0.25) is 13.9 Å². The zero-order valence-electron chi connectivity index (χ0n) is 23.5. The molecule has 1 aliphatic rings. The number of carbonyl (C=O) groups excluding carboxylic acids is 2. The molecule has 11 heteroatoms. The number of sulfonamides is 1. The summed E-state index contributed by atoms with van der Waals surface area (Å²) in [5.41, 5.74) is 1.44. The van der Waals surface area contributed by atoms with E-state index in [1.807, 2.05) is 6.92 Å². The molecule has 0 bridgehead atoms. The topological polar surface area (TPSA) is 86.8 Å². The lowest BCUT2D eigenvalue weighted by Gasteiger charge is -2.34. The summed E-state index contributed by atoms with van der Waals surface area (Å²) >= 11 is 18.8. The van der Waals surface area contributed by atoms with Crippen LogP contribution in [0.3, 0.4) is 0 Å². The van der Waals surface area contributed by atoms with Crippen molar-refractivity contribution in [1.82, 2.24) is 10.2 Å². The van der Waals surface area contributed by atoms with Gasteiger partial charge in [0.1, 0.15) is 12.6 Å². The highest BCUT2D eigenvalue weighted by Crippen LogP contribution is 2.32. The van der Waals surface area contributed by atoms with E-state index < -0.39 is 28.5 Å². The van der Waals surface area contributed by atoms with Crippen molar-refractivity contribution in [2.75, 3.05) is 10.8 Å². The molecule has 1 N–H and O–H groups in total. The van der Waals surface area contributed by atoms with E-state index in [9.17, 15) is 18.0 Å². The fraction of sp³-hybridized carbons (Fsp3) is 0.355. The Morgan fingerprint density at radius 3 is 2.26 bits per heavy atom. The average molecular weight is 651 g/mol. The number of nitrogens with one attached hydrogen (secondary N) is 1. The Morgan fingerprint density at radius 1 is 0.929 bits per heavy atom. The Kier molecular flexibility index (Phi) is 10.8. The number of rotatable bonds is 11. The minimum Gasteiger partial charge on any atom is -0.352 e. The van der Waals surface area contributed by atoms with Crippen molar-refractivity contribution in [2.24, 2.45) is 0 Å². The first-order valence-electron chi connectivity index (χ1n) is 13.9. The van der Waals surface area contributed by atoms with Gasteiger partial charge in [-0.2, -0.15) is 0 Å². The van der Waals surface area contributed by atoms with Crippen LogP contribution in [0.2, 0.25) is 15.1 Å². The maximum Gasteiger partial charge on any atom is 0.264 e. The van der Waals surface area contributed by atoms with Crippen LogP contribution in [0.5, 0.6) is 0 Å². The van der Waals surface area contributed by atoms with Gasteiger partial charge in [-0.05, 0) is 73.7 Å². The van der Waals surface area contributed by atoms with Gasteiger partial charge in [-0.15, -0.1) is 0 Å². The number of halogens is 3. The second-order valence-corrected chi connectivity index (χ2v) is 13.5. The van der Waals surface area contributed by atoms with Crippen LogP contribution in [0.4, 0.5) is 5.69 Å². The van der Waals surface area contributed by atoms with Crippen LogP contribution in [-0.2, 0) is 26.2 Å². The summed E-state index contributed by atoms with van der Waals surface area (Å²) < 4.78 is 29.1. The van der Waals surface area contributed by atoms with Crippen molar-refractivity contribution in [2.45, 2.75) is 69.5 Å². The predicted octanol–water partition coefficient (Wildman–Crippen LogP) is 7.02. The Morgan fingerprint density at radius 2 is 1.62 bits per heavy atom. The smallest absolute Gasteiger partial charge is 0.264 e. The minimum atomic E-state index is -4.19. The standard InChI is InChI=1S/C31H34Cl3N3O4S/c1-3-28(31(39)35-23-10-7-8-11-23)36(19-22-16-17-26(33)27(34)18-22)30(38)20-37(29-15-9-14-25(32)21(29)2)42(40,41)24-12-5-4-6-13-24/h4-6,9,12-18,23,28H,3,7-8,10-11,19-20H2,1-2H3,(H,35,39)/t28-/m1/s1. The van der Waals surface area contributed by atoms with Gasteiger partial charge in [0.25, 0.3) is 10.0 Å². The molecule has 0 aromatic heterocycles. The van der Waals surface area contributed by atoms with Crippen LogP contribution >= 0.6 is 34.8 Å². The van der Waals surface area contributed by atoms with E-state index in [-0.39, 0.29) is 29.1 Å². The number of hydrogen-bond donors (Lipinski definition) is 1. The molecule has 0 radical (unpaired) electrons. The van der Waals surface area contributed by atoms with Gasteiger partial charge >= 0.3 is 0 Å². The fourth-order valence-electron chi connectivity index (χ4n) is 5.22. The molecule has 0 heterocycles. The van der Waals surface area contributed by atoms with E-state index >= 15 is 0 Å². The summed E-state index contributed by atoms with van der Waals surface area (Å²) in [6.45, 7) is 3.01. The Hall–Kier alpha value is -2.78. The van der Waals surface area contributed by atoms with Gasteiger partial charge in [0, 0.05) is 17.6 Å². The molecule has 0 spiro atoms. The molecule has 3 aromatic carbocycles. The lowest BCUT2D eigenvalue weighted by Crippen LogP contribution is -2.53. The molecule has 1 atom stereocenters. The Balaban J connectivity index is 1.75. The molecule has 3 aromatic rings. The summed E-state index contributed by atoms with van der Waals surface area (Å²) in [5.74, 6) is -0.817. The van der Waals surface area contributed by atoms with Gasteiger partial charge in [-0.1, -0.05) is 84.9 Å². The first-order valence-corrected chi connectivity index (χ1v) is 16.5. The summed E-state index contributed by atoms with van der Waals surface area (Å²) in [6, 6.07) is 17.0. The maximum absolute atomic E-state index is 14.2. The molecule has 1 aliphatic carbocycles. The van der Waals surface area contributed by atoms with Gasteiger partial charge in [0.2, 0.25) is 11.8 Å². The molecule has 42 heavy (non-hydrogen) atoms. The predicted molar refractivity (Wildman–Crippen MR) is 169 cm³/mol. The van der Waals surface area contributed by atoms with Crippen molar-refractivity contribution in [3.8, 4) is 0 Å². The molecule has 1 fully saturated rings. The van der Waals surface area contributed by atoms with Crippen molar-refractivity contribution >= 4 is 62.3 Å². The number of hydrogen-bond acceptors (Lipinski definition) is 4. The molecule has 0 aliphatic heterocycles. The molecule has 2 amide bonds. The van der Waals surface area contributed by atoms with Crippen LogP contribution in [0.25, 0.3) is 0 Å². The zero-order chi connectivity index (χ0) is 30.4. The monoisotopic (exact) mass is 649 g/mol. The number of anilines is 1. The molecule has 0 unspecified atom stereocenters. The molecular formula is C31H34Cl3N3O4S. The Bertz CT molecular complexity index is 1530. The molecule has 1 saturated carbocycles. The van der Waals surface area contributed by atoms with Crippen molar-refractivity contribution < 1.29 is 18.0 Å². The molecule has 4 rings (SSSR count). The maximum atomic E-state index is 14.2. The minimum absolute atomic E-state index is 0.0271. The highest BCUT2D eigenvalue weighted by molar-refractivity contribution is 7.92. The highest BCUT2D eigenvalue weighted by atomic mass is 35.5. The van der Waals surface area contributed by atoms with Crippen LogP contribution in [0, 0.1) is 6.92 Å². The average Bonchev–Trinajstić information content (AvgIpc) is 3.48. The lowest BCUT2D eigenvalue weighted by molar-refractivity contribution is -0.140. The molecule has 0 saturated heterocycles. The number of nitrogens with zero attached hydrogens (tertiary/aromatic N) is 2. The van der Waals surface area contributed by atoms with Crippen LogP contribution in [-0.4, -0.2) is 43.8 Å². The third kappa shape index (κ3) is 7.40. The van der Waals surface area contributed by atoms with Crippen molar-refractivity contribution in [3.63, 3.8) is 0 Å². The lowest BCUT2D eigenvalue weighted by atomic mass is 10.1. The van der Waals surface area contributed by atoms with Gasteiger partial charge in [-0.25, -0.2) is 8.42 Å². The van der Waals surface area contributed by atoms with E-state index in [1.165, 1.54) is 17.0 Å². The first kappa shape index (κ1) is 32.1. The number of amides is 2. The third-order valence-electron chi connectivity index (χ3n) is 7.54. The molecule has 7 nitrogen and oxygen atoms in total. The molecule has 224 valence electrons. The molecular weight excluding hydrogens is 617 g/mol. The summed E-state index contributed by atoms with van der Waals surface area (Å²) in [6.07, 6.45) is 4.19. The van der Waals surface area contributed by atoms with E-state index in [0.29, 0.717) is 32.6 Å². The van der Waals surface area contributed by atoms with Gasteiger partial charge in [0.05, 0.1) is 20.6 Å². The number of carbonyl (C=O) groups is 2. The zero-order valence-corrected chi connectivity index (χ0v) is 26.6. The van der Waals surface area contributed by atoms with E-state index in [4.69, 9.17) is 34.8 Å². The van der Waals surface area contributed by atoms with Gasteiger partial charge in [0.15, 0.2) is 0 Å². The highest BCUT2D eigenvalue weighted by Gasteiger charge is 2.35. The quantitative estimate of drug-likeness (QED) is 0.242. The van der Waals surface area contributed by atoms with Crippen LogP contribution in [0.1, 0.15) is 50.2 Å². The largest absolute Gasteiger partial charge is 0.352 e. The second kappa shape index (κ2) is 14.1. The van der Waals surface area contributed by atoms with Gasteiger partial charge < -0.3 is 10.2 Å². The van der Waals surface area contributed by atoms with E-state index in [1.54, 1.807) is 61.5 Å². The Labute approximate surface area is 262 Å².